The van der Waals surface area contributed by atoms with Crippen LogP contribution in [0.4, 0.5) is 0 Å². The third kappa shape index (κ3) is 5.11. The molecular formula is C16H22N2O3. The highest BCUT2D eigenvalue weighted by Crippen LogP contribution is 2.18. The van der Waals surface area contributed by atoms with E-state index in [-0.39, 0.29) is 0 Å². The Bertz CT molecular complexity index is 523. The molecule has 1 N–H and O–H groups in total. The molecule has 1 aromatic carbocycles. The molecule has 0 saturated heterocycles. The van der Waals surface area contributed by atoms with Gasteiger partial charge in [0.1, 0.15) is 18.1 Å². The van der Waals surface area contributed by atoms with Crippen LogP contribution < -0.4 is 14.8 Å². The van der Waals surface area contributed by atoms with Crippen molar-refractivity contribution in [3.8, 4) is 11.5 Å². The second kappa shape index (κ2) is 8.32. The van der Waals surface area contributed by atoms with E-state index in [1.807, 2.05) is 37.3 Å². The molecule has 0 fully saturated rings. The molecule has 0 atom stereocenters. The van der Waals surface area contributed by atoms with Crippen LogP contribution in [0.5, 0.6) is 11.5 Å². The standard InChI is InChI=1S/C16H22N2O3/c1-3-9-17-11-13-10-16(21-18-13)12-20-15-7-5-14(6-8-15)19-4-2/h5-8,10,17H,3-4,9,11-12H2,1-2H3. The molecule has 5 nitrogen and oxygen atoms in total. The van der Waals surface area contributed by atoms with E-state index in [4.69, 9.17) is 14.0 Å². The Morgan fingerprint density at radius 1 is 1.10 bits per heavy atom. The zero-order chi connectivity index (χ0) is 14.9. The number of nitrogens with zero attached hydrogens (tertiary/aromatic N) is 1. The zero-order valence-corrected chi connectivity index (χ0v) is 12.6. The van der Waals surface area contributed by atoms with E-state index in [9.17, 15) is 0 Å². The van der Waals surface area contributed by atoms with Crippen LogP contribution in [0.15, 0.2) is 34.9 Å². The Labute approximate surface area is 125 Å². The molecule has 0 aliphatic heterocycles. The Morgan fingerprint density at radius 3 is 2.48 bits per heavy atom. The van der Waals surface area contributed by atoms with Crippen molar-refractivity contribution in [3.05, 3.63) is 41.8 Å². The Kier molecular flexibility index (Phi) is 6.09. The van der Waals surface area contributed by atoms with Gasteiger partial charge in [0.05, 0.1) is 12.3 Å². The number of benzene rings is 1. The first-order valence-corrected chi connectivity index (χ1v) is 7.32. The minimum Gasteiger partial charge on any atom is -0.494 e. The van der Waals surface area contributed by atoms with Crippen molar-refractivity contribution in [2.45, 2.75) is 33.4 Å². The molecule has 5 heteroatoms. The van der Waals surface area contributed by atoms with Gasteiger partial charge in [-0.25, -0.2) is 0 Å². The van der Waals surface area contributed by atoms with Crippen molar-refractivity contribution < 1.29 is 14.0 Å². The number of aromatic nitrogens is 1. The highest BCUT2D eigenvalue weighted by molar-refractivity contribution is 5.31. The molecule has 0 aliphatic carbocycles. The fourth-order valence-corrected chi connectivity index (χ4v) is 1.85. The quantitative estimate of drug-likeness (QED) is 0.719. The highest BCUT2D eigenvalue weighted by Gasteiger charge is 2.05. The van der Waals surface area contributed by atoms with Crippen molar-refractivity contribution in [1.29, 1.82) is 0 Å². The van der Waals surface area contributed by atoms with Crippen LogP contribution in [0.2, 0.25) is 0 Å². The predicted molar refractivity (Wildman–Crippen MR) is 80.4 cm³/mol. The number of hydrogen-bond acceptors (Lipinski definition) is 5. The van der Waals surface area contributed by atoms with Crippen molar-refractivity contribution in [1.82, 2.24) is 10.5 Å². The lowest BCUT2D eigenvalue weighted by Crippen LogP contribution is -2.13. The fraction of sp³-hybridized carbons (Fsp3) is 0.438. The molecular weight excluding hydrogens is 268 g/mol. The minimum atomic E-state index is 0.370. The van der Waals surface area contributed by atoms with Gasteiger partial charge in [-0.2, -0.15) is 0 Å². The van der Waals surface area contributed by atoms with Crippen molar-refractivity contribution in [2.75, 3.05) is 13.2 Å². The molecule has 2 aromatic rings. The third-order valence-electron chi connectivity index (χ3n) is 2.86. The van der Waals surface area contributed by atoms with Crippen molar-refractivity contribution in [3.63, 3.8) is 0 Å². The molecule has 0 radical (unpaired) electrons. The van der Waals surface area contributed by atoms with Crippen molar-refractivity contribution in [2.24, 2.45) is 0 Å². The van der Waals surface area contributed by atoms with E-state index >= 15 is 0 Å². The van der Waals surface area contributed by atoms with Gasteiger partial charge in [-0.15, -0.1) is 0 Å². The summed E-state index contributed by atoms with van der Waals surface area (Å²) in [6, 6.07) is 9.45. The van der Waals surface area contributed by atoms with Gasteiger partial charge < -0.3 is 19.3 Å². The molecule has 2 rings (SSSR count). The number of nitrogens with one attached hydrogen (secondary N) is 1. The molecule has 0 spiro atoms. The largest absolute Gasteiger partial charge is 0.494 e. The number of ether oxygens (including phenoxy) is 2. The van der Waals surface area contributed by atoms with Crippen LogP contribution in [0.25, 0.3) is 0 Å². The first-order valence-electron chi connectivity index (χ1n) is 7.32. The average molecular weight is 290 g/mol. The maximum absolute atomic E-state index is 5.65. The average Bonchev–Trinajstić information content (AvgIpc) is 2.95. The molecule has 0 bridgehead atoms. The zero-order valence-electron chi connectivity index (χ0n) is 12.6. The van der Waals surface area contributed by atoms with E-state index < -0.39 is 0 Å². The molecule has 1 heterocycles. The van der Waals surface area contributed by atoms with Crippen LogP contribution in [-0.2, 0) is 13.2 Å². The molecule has 0 saturated carbocycles. The van der Waals surface area contributed by atoms with Crippen LogP contribution in [-0.4, -0.2) is 18.3 Å². The van der Waals surface area contributed by atoms with Gasteiger partial charge in [0.25, 0.3) is 0 Å². The van der Waals surface area contributed by atoms with Gasteiger partial charge in [-0.3, -0.25) is 0 Å². The Morgan fingerprint density at radius 2 is 1.81 bits per heavy atom. The predicted octanol–water partition coefficient (Wildman–Crippen LogP) is 3.15. The van der Waals surface area contributed by atoms with Gasteiger partial charge in [-0.05, 0) is 44.2 Å². The summed E-state index contributed by atoms with van der Waals surface area (Å²) < 4.78 is 16.3. The SMILES string of the molecule is CCCNCc1cc(COc2ccc(OCC)cc2)on1. The van der Waals surface area contributed by atoms with Gasteiger partial charge in [0, 0.05) is 12.6 Å². The third-order valence-corrected chi connectivity index (χ3v) is 2.86. The van der Waals surface area contributed by atoms with Gasteiger partial charge in [0.15, 0.2) is 5.76 Å². The topological polar surface area (TPSA) is 56.5 Å². The van der Waals surface area contributed by atoms with Crippen LogP contribution in [0.1, 0.15) is 31.7 Å². The molecule has 0 amide bonds. The van der Waals surface area contributed by atoms with Crippen LogP contribution in [0.3, 0.4) is 0 Å². The van der Waals surface area contributed by atoms with E-state index in [1.54, 1.807) is 0 Å². The van der Waals surface area contributed by atoms with Crippen molar-refractivity contribution >= 4 is 0 Å². The van der Waals surface area contributed by atoms with Gasteiger partial charge >= 0.3 is 0 Å². The summed E-state index contributed by atoms with van der Waals surface area (Å²) in [7, 11) is 0. The maximum Gasteiger partial charge on any atom is 0.174 e. The first-order chi connectivity index (χ1) is 10.3. The van der Waals surface area contributed by atoms with E-state index in [1.165, 1.54) is 0 Å². The van der Waals surface area contributed by atoms with Crippen LogP contribution >= 0.6 is 0 Å². The summed E-state index contributed by atoms with van der Waals surface area (Å²) in [4.78, 5) is 0. The molecule has 21 heavy (non-hydrogen) atoms. The molecule has 114 valence electrons. The lowest BCUT2D eigenvalue weighted by atomic mass is 10.3. The smallest absolute Gasteiger partial charge is 0.174 e. The van der Waals surface area contributed by atoms with Gasteiger partial charge in [-0.1, -0.05) is 12.1 Å². The highest BCUT2D eigenvalue weighted by atomic mass is 16.5. The monoisotopic (exact) mass is 290 g/mol. The summed E-state index contributed by atoms with van der Waals surface area (Å²) in [5.74, 6) is 2.34. The summed E-state index contributed by atoms with van der Waals surface area (Å²) in [6.07, 6.45) is 1.10. The lowest BCUT2D eigenvalue weighted by Gasteiger charge is -2.05. The van der Waals surface area contributed by atoms with E-state index in [2.05, 4.69) is 17.4 Å². The van der Waals surface area contributed by atoms with E-state index in [0.29, 0.717) is 13.2 Å². The molecule has 0 unspecified atom stereocenters. The number of rotatable bonds is 9. The first kappa shape index (κ1) is 15.4. The summed E-state index contributed by atoms with van der Waals surface area (Å²) >= 11 is 0. The molecule has 0 aliphatic rings. The maximum atomic E-state index is 5.65. The molecule has 1 aromatic heterocycles. The lowest BCUT2D eigenvalue weighted by molar-refractivity contribution is 0.248. The summed E-state index contributed by atoms with van der Waals surface area (Å²) in [5.41, 5.74) is 0.897. The fourth-order valence-electron chi connectivity index (χ4n) is 1.85. The summed E-state index contributed by atoms with van der Waals surface area (Å²) in [6.45, 7) is 6.82. The minimum absolute atomic E-state index is 0.370. The second-order valence-electron chi connectivity index (χ2n) is 4.65. The van der Waals surface area contributed by atoms with Crippen LogP contribution in [0, 0.1) is 0 Å². The summed E-state index contributed by atoms with van der Waals surface area (Å²) in [5, 5.41) is 7.28. The Balaban J connectivity index is 1.79. The Hall–Kier alpha value is -2.01. The van der Waals surface area contributed by atoms with Gasteiger partial charge in [0.2, 0.25) is 0 Å². The normalized spacial score (nSPS) is 10.6. The number of hydrogen-bond donors (Lipinski definition) is 1. The second-order valence-corrected chi connectivity index (χ2v) is 4.65. The van der Waals surface area contributed by atoms with E-state index in [0.717, 1.165) is 42.5 Å².